The van der Waals surface area contributed by atoms with E-state index >= 15 is 0 Å². The number of benzene rings is 1. The molecule has 6 heteroatoms. The molecule has 1 aromatic rings. The van der Waals surface area contributed by atoms with Gasteiger partial charge in [0.05, 0.1) is 11.7 Å². The lowest BCUT2D eigenvalue weighted by Crippen LogP contribution is -2.35. The van der Waals surface area contributed by atoms with Crippen LogP contribution in [0.25, 0.3) is 0 Å². The Hall–Kier alpha value is -1.40. The molecule has 122 valence electrons. The van der Waals surface area contributed by atoms with Crippen LogP contribution in [0.5, 0.6) is 0 Å². The van der Waals surface area contributed by atoms with Gasteiger partial charge in [-0.1, -0.05) is 31.2 Å². The van der Waals surface area contributed by atoms with Crippen LogP contribution in [-0.4, -0.2) is 43.1 Å². The molecule has 0 radical (unpaired) electrons. The number of hydrogen-bond donors (Lipinski definition) is 1. The summed E-state index contributed by atoms with van der Waals surface area (Å²) in [5.74, 6) is -1.24. The van der Waals surface area contributed by atoms with Gasteiger partial charge < -0.3 is 5.11 Å². The van der Waals surface area contributed by atoms with Gasteiger partial charge in [0.15, 0.2) is 0 Å². The second-order valence-electron chi connectivity index (χ2n) is 6.17. The number of rotatable bonds is 7. The Morgan fingerprint density at radius 1 is 1.32 bits per heavy atom. The molecule has 1 unspecified atom stereocenters. The highest BCUT2D eigenvalue weighted by atomic mass is 32.2. The fraction of sp³-hybridized carbons (Fsp3) is 0.562. The van der Waals surface area contributed by atoms with Crippen LogP contribution in [0.4, 0.5) is 0 Å². The fourth-order valence-electron chi connectivity index (χ4n) is 2.90. The molecule has 0 aromatic heterocycles. The summed E-state index contributed by atoms with van der Waals surface area (Å²) < 4.78 is 25.7. The smallest absolute Gasteiger partial charge is 0.307 e. The number of nitrogens with zero attached hydrogens (tertiary/aromatic N) is 1. The maximum atomic E-state index is 12.3. The molecule has 0 aliphatic heterocycles. The topological polar surface area (TPSA) is 74.7 Å². The van der Waals surface area contributed by atoms with Crippen LogP contribution in [0, 0.1) is 11.8 Å². The van der Waals surface area contributed by atoms with E-state index in [-0.39, 0.29) is 12.3 Å². The van der Waals surface area contributed by atoms with Gasteiger partial charge in [0.2, 0.25) is 10.0 Å². The lowest BCUT2D eigenvalue weighted by atomic mass is 10.0. The minimum absolute atomic E-state index is 0.0164. The van der Waals surface area contributed by atoms with Gasteiger partial charge in [0, 0.05) is 13.6 Å². The van der Waals surface area contributed by atoms with E-state index in [0.29, 0.717) is 12.3 Å². The van der Waals surface area contributed by atoms with Crippen molar-refractivity contribution in [2.75, 3.05) is 19.3 Å². The van der Waals surface area contributed by atoms with Gasteiger partial charge in [0.25, 0.3) is 0 Å². The summed E-state index contributed by atoms with van der Waals surface area (Å²) in [5, 5.41) is 8.88. The minimum atomic E-state index is -3.39. The lowest BCUT2D eigenvalue weighted by molar-refractivity contribution is -0.141. The van der Waals surface area contributed by atoms with Crippen LogP contribution in [0.1, 0.15) is 24.5 Å². The predicted molar refractivity (Wildman–Crippen MR) is 85.2 cm³/mol. The monoisotopic (exact) mass is 325 g/mol. The molecule has 0 fully saturated rings. The van der Waals surface area contributed by atoms with Crippen molar-refractivity contribution in [1.29, 1.82) is 0 Å². The molecule has 1 aliphatic rings. The summed E-state index contributed by atoms with van der Waals surface area (Å²) in [6.07, 6.45) is 2.48. The van der Waals surface area contributed by atoms with E-state index in [4.69, 9.17) is 5.11 Å². The highest BCUT2D eigenvalue weighted by Crippen LogP contribution is 2.29. The third kappa shape index (κ3) is 4.08. The average molecular weight is 325 g/mol. The number of fused-ring (bicyclic) bond motifs is 1. The van der Waals surface area contributed by atoms with Crippen molar-refractivity contribution >= 4 is 16.0 Å². The molecule has 0 spiro atoms. The number of sulfonamides is 1. The standard InChI is InChI=1S/C16H23NO4S/c1-12(16(18)19)11-17(2)22(20,21)8-7-13-9-14-5-3-4-6-15(14)10-13/h3-6,12-13H,7-11H2,1-2H3,(H,18,19). The molecule has 0 saturated carbocycles. The summed E-state index contributed by atoms with van der Waals surface area (Å²) in [7, 11) is -1.94. The summed E-state index contributed by atoms with van der Waals surface area (Å²) in [6.45, 7) is 1.53. The number of hydrogen-bond acceptors (Lipinski definition) is 3. The van der Waals surface area contributed by atoms with Crippen molar-refractivity contribution in [1.82, 2.24) is 4.31 Å². The summed E-state index contributed by atoms with van der Waals surface area (Å²) in [6, 6.07) is 8.23. The molecule has 0 bridgehead atoms. The third-order valence-electron chi connectivity index (χ3n) is 4.35. The normalized spacial score (nSPS) is 16.7. The van der Waals surface area contributed by atoms with Crippen LogP contribution in [0.2, 0.25) is 0 Å². The molecule has 1 aromatic carbocycles. The Morgan fingerprint density at radius 2 is 1.86 bits per heavy atom. The van der Waals surface area contributed by atoms with Crippen LogP contribution < -0.4 is 0 Å². The molecule has 22 heavy (non-hydrogen) atoms. The fourth-order valence-corrected chi connectivity index (χ4v) is 4.30. The highest BCUT2D eigenvalue weighted by molar-refractivity contribution is 7.89. The van der Waals surface area contributed by atoms with Crippen molar-refractivity contribution in [2.24, 2.45) is 11.8 Å². The number of carbonyl (C=O) groups is 1. The molecular weight excluding hydrogens is 302 g/mol. The zero-order chi connectivity index (χ0) is 16.3. The van der Waals surface area contributed by atoms with E-state index in [1.807, 2.05) is 12.1 Å². The van der Waals surface area contributed by atoms with Gasteiger partial charge >= 0.3 is 5.97 Å². The lowest BCUT2D eigenvalue weighted by Gasteiger charge is -2.20. The quantitative estimate of drug-likeness (QED) is 0.829. The first-order valence-electron chi connectivity index (χ1n) is 7.53. The zero-order valence-electron chi connectivity index (χ0n) is 13.0. The number of carboxylic acid groups (broad SMARTS) is 1. The van der Waals surface area contributed by atoms with Gasteiger partial charge in [0.1, 0.15) is 0 Å². The van der Waals surface area contributed by atoms with E-state index in [2.05, 4.69) is 12.1 Å². The van der Waals surface area contributed by atoms with E-state index < -0.39 is 21.9 Å². The van der Waals surface area contributed by atoms with E-state index in [9.17, 15) is 13.2 Å². The molecular formula is C16H23NO4S. The first-order valence-corrected chi connectivity index (χ1v) is 9.14. The molecule has 2 rings (SSSR count). The summed E-state index contributed by atoms with van der Waals surface area (Å²) in [4.78, 5) is 10.8. The molecule has 1 aliphatic carbocycles. The van der Waals surface area contributed by atoms with E-state index in [1.165, 1.54) is 29.4 Å². The van der Waals surface area contributed by atoms with E-state index in [0.717, 1.165) is 12.8 Å². The minimum Gasteiger partial charge on any atom is -0.481 e. The molecule has 0 amide bonds. The van der Waals surface area contributed by atoms with E-state index in [1.54, 1.807) is 0 Å². The molecule has 1 atom stereocenters. The van der Waals surface area contributed by atoms with Gasteiger partial charge in [-0.25, -0.2) is 12.7 Å². The second kappa shape index (κ2) is 6.79. The average Bonchev–Trinajstić information content (AvgIpc) is 2.87. The number of carboxylic acids is 1. The summed E-state index contributed by atoms with van der Waals surface area (Å²) >= 11 is 0. The summed E-state index contributed by atoms with van der Waals surface area (Å²) in [5.41, 5.74) is 2.63. The second-order valence-corrected chi connectivity index (χ2v) is 8.36. The Morgan fingerprint density at radius 3 is 2.36 bits per heavy atom. The van der Waals surface area contributed by atoms with Gasteiger partial charge in [-0.05, 0) is 36.3 Å². The zero-order valence-corrected chi connectivity index (χ0v) is 13.8. The van der Waals surface area contributed by atoms with Crippen molar-refractivity contribution in [3.8, 4) is 0 Å². The van der Waals surface area contributed by atoms with Crippen LogP contribution in [-0.2, 0) is 27.7 Å². The Bertz CT molecular complexity index is 616. The predicted octanol–water partition coefficient (Wildman–Crippen LogP) is 1.77. The van der Waals surface area contributed by atoms with Gasteiger partial charge in [-0.3, -0.25) is 4.79 Å². The van der Waals surface area contributed by atoms with Crippen molar-refractivity contribution in [3.05, 3.63) is 35.4 Å². The maximum absolute atomic E-state index is 12.3. The first-order chi connectivity index (χ1) is 10.3. The van der Waals surface area contributed by atoms with Crippen molar-refractivity contribution < 1.29 is 18.3 Å². The largest absolute Gasteiger partial charge is 0.481 e. The van der Waals surface area contributed by atoms with Crippen LogP contribution in [0.15, 0.2) is 24.3 Å². The third-order valence-corrected chi connectivity index (χ3v) is 6.20. The highest BCUT2D eigenvalue weighted by Gasteiger charge is 2.26. The Kier molecular flexibility index (Phi) is 5.24. The van der Waals surface area contributed by atoms with Crippen LogP contribution in [0.3, 0.4) is 0 Å². The van der Waals surface area contributed by atoms with Crippen molar-refractivity contribution in [3.63, 3.8) is 0 Å². The van der Waals surface area contributed by atoms with Gasteiger partial charge in [-0.2, -0.15) is 0 Å². The molecule has 0 heterocycles. The van der Waals surface area contributed by atoms with Crippen molar-refractivity contribution in [2.45, 2.75) is 26.2 Å². The van der Waals surface area contributed by atoms with Crippen LogP contribution >= 0.6 is 0 Å². The SMILES string of the molecule is CC(CN(C)S(=O)(=O)CCC1Cc2ccccc2C1)C(=O)O. The van der Waals surface area contributed by atoms with Gasteiger partial charge in [-0.15, -0.1) is 0 Å². The molecule has 0 saturated heterocycles. The Labute approximate surface area is 132 Å². The molecule has 5 nitrogen and oxygen atoms in total. The Balaban J connectivity index is 1.87. The first kappa shape index (κ1) is 17.0. The number of aliphatic carboxylic acids is 1. The molecule has 1 N–H and O–H groups in total. The maximum Gasteiger partial charge on any atom is 0.307 e.